The van der Waals surface area contributed by atoms with Crippen LogP contribution < -0.4 is 4.90 Å². The number of rotatable bonds is 2. The molecule has 0 bridgehead atoms. The first-order chi connectivity index (χ1) is 11.9. The zero-order chi connectivity index (χ0) is 17.8. The number of hydrogen-bond donors (Lipinski definition) is 1. The molecule has 1 fully saturated rings. The molecule has 1 N–H and O–H groups in total. The van der Waals surface area contributed by atoms with Crippen LogP contribution in [0.5, 0.6) is 0 Å². The van der Waals surface area contributed by atoms with E-state index in [0.717, 1.165) is 4.90 Å². The Labute approximate surface area is 142 Å². The Morgan fingerprint density at radius 2 is 1.48 bits per heavy atom. The molecule has 4 rings (SSSR count). The summed E-state index contributed by atoms with van der Waals surface area (Å²) in [6.07, 6.45) is -0.581. The van der Waals surface area contributed by atoms with E-state index in [1.165, 1.54) is 0 Å². The van der Waals surface area contributed by atoms with E-state index in [4.69, 9.17) is 0 Å². The summed E-state index contributed by atoms with van der Waals surface area (Å²) in [6.45, 7) is 0. The van der Waals surface area contributed by atoms with Crippen LogP contribution in [0.4, 0.5) is 5.69 Å². The summed E-state index contributed by atoms with van der Waals surface area (Å²) in [6, 6.07) is 14.0. The molecule has 1 aromatic heterocycles. The number of imide groups is 1. The molecule has 2 aromatic carbocycles. The molecule has 0 saturated carbocycles. The monoisotopic (exact) mass is 356 g/mol. The van der Waals surface area contributed by atoms with Gasteiger partial charge < -0.3 is 0 Å². The average Bonchev–Trinajstić information content (AvgIpc) is 2.87. The van der Waals surface area contributed by atoms with Gasteiger partial charge in [0.25, 0.3) is 16.0 Å². The third kappa shape index (κ3) is 2.38. The third-order valence-electron chi connectivity index (χ3n) is 4.25. The van der Waals surface area contributed by atoms with Crippen LogP contribution in [-0.2, 0) is 19.7 Å². The second-order valence-corrected chi connectivity index (χ2v) is 7.37. The van der Waals surface area contributed by atoms with E-state index in [2.05, 4.69) is 4.98 Å². The predicted molar refractivity (Wildman–Crippen MR) is 91.7 cm³/mol. The lowest BCUT2D eigenvalue weighted by molar-refractivity contribution is -0.121. The molecule has 1 aliphatic rings. The highest BCUT2D eigenvalue weighted by Gasteiger charge is 2.47. The fourth-order valence-electron chi connectivity index (χ4n) is 3.13. The second kappa shape index (κ2) is 5.33. The summed E-state index contributed by atoms with van der Waals surface area (Å²) in [5.41, 5.74) is 1.45. The van der Waals surface area contributed by atoms with E-state index >= 15 is 0 Å². The van der Waals surface area contributed by atoms with Crippen LogP contribution in [0.25, 0.3) is 21.8 Å². The summed E-state index contributed by atoms with van der Waals surface area (Å²) in [5.74, 6) is -1.62. The molecule has 1 saturated heterocycles. The van der Waals surface area contributed by atoms with Gasteiger partial charge in [-0.15, -0.1) is 0 Å². The highest BCUT2D eigenvalue weighted by atomic mass is 32.2. The number of hydrogen-bond acceptors (Lipinski definition) is 5. The maximum absolute atomic E-state index is 12.6. The molecule has 2 amide bonds. The van der Waals surface area contributed by atoms with E-state index in [-0.39, 0.29) is 0 Å². The Balaban J connectivity index is 2.05. The van der Waals surface area contributed by atoms with E-state index in [9.17, 15) is 22.6 Å². The number of carbonyl (C=O) groups excluding carboxylic acids is 2. The summed E-state index contributed by atoms with van der Waals surface area (Å²) >= 11 is 0. The van der Waals surface area contributed by atoms with Crippen molar-refractivity contribution in [1.82, 2.24) is 4.98 Å². The van der Waals surface area contributed by atoms with Gasteiger partial charge in [-0.3, -0.25) is 14.1 Å². The Bertz CT molecular complexity index is 1100. The molecule has 0 spiro atoms. The van der Waals surface area contributed by atoms with Crippen molar-refractivity contribution in [3.05, 3.63) is 48.5 Å². The van der Waals surface area contributed by atoms with Crippen LogP contribution in [0.2, 0.25) is 0 Å². The Kier molecular flexibility index (Phi) is 3.34. The van der Waals surface area contributed by atoms with E-state index in [1.54, 1.807) is 48.5 Å². The van der Waals surface area contributed by atoms with Crippen molar-refractivity contribution in [2.45, 2.75) is 11.7 Å². The van der Waals surface area contributed by atoms with Gasteiger partial charge in [-0.2, -0.15) is 8.42 Å². The van der Waals surface area contributed by atoms with Gasteiger partial charge in [0.15, 0.2) is 5.25 Å². The number of pyridine rings is 1. The lowest BCUT2D eigenvalue weighted by Crippen LogP contribution is -2.35. The highest BCUT2D eigenvalue weighted by molar-refractivity contribution is 7.87. The number of nitrogens with zero attached hydrogens (tertiary/aromatic N) is 2. The zero-order valence-corrected chi connectivity index (χ0v) is 13.6. The van der Waals surface area contributed by atoms with E-state index in [1.807, 2.05) is 0 Å². The molecule has 126 valence electrons. The molecule has 1 atom stereocenters. The minimum atomic E-state index is -4.66. The molecule has 25 heavy (non-hydrogen) atoms. The van der Waals surface area contributed by atoms with Gasteiger partial charge in [0, 0.05) is 10.8 Å². The number of carbonyl (C=O) groups is 2. The molecular formula is C17H12N2O5S. The van der Waals surface area contributed by atoms with Gasteiger partial charge in [-0.05, 0) is 12.1 Å². The molecule has 1 unspecified atom stereocenters. The Morgan fingerprint density at radius 3 is 1.96 bits per heavy atom. The zero-order valence-electron chi connectivity index (χ0n) is 12.8. The SMILES string of the molecule is O=C1CC(S(=O)(=O)O)C(=O)N1c1c2ccccc2nc2ccccc12. The lowest BCUT2D eigenvalue weighted by atomic mass is 10.1. The lowest BCUT2D eigenvalue weighted by Gasteiger charge is -2.19. The molecule has 2 heterocycles. The van der Waals surface area contributed by atoms with Crippen LogP contribution in [0.3, 0.4) is 0 Å². The van der Waals surface area contributed by atoms with Crippen molar-refractivity contribution in [2.24, 2.45) is 0 Å². The number of para-hydroxylation sites is 2. The highest BCUT2D eigenvalue weighted by Crippen LogP contribution is 2.37. The van der Waals surface area contributed by atoms with Crippen LogP contribution in [0.1, 0.15) is 6.42 Å². The molecule has 1 aliphatic heterocycles. The number of amides is 2. The number of fused-ring (bicyclic) bond motifs is 2. The summed E-state index contributed by atoms with van der Waals surface area (Å²) < 4.78 is 32.1. The van der Waals surface area contributed by atoms with Gasteiger partial charge in [0.1, 0.15) is 0 Å². The Morgan fingerprint density at radius 1 is 0.960 bits per heavy atom. The van der Waals surface area contributed by atoms with Gasteiger partial charge in [-0.25, -0.2) is 9.88 Å². The van der Waals surface area contributed by atoms with Crippen molar-refractivity contribution < 1.29 is 22.6 Å². The average molecular weight is 356 g/mol. The van der Waals surface area contributed by atoms with Crippen LogP contribution in [-0.4, -0.2) is 35.0 Å². The predicted octanol–water partition coefficient (Wildman–Crippen LogP) is 1.91. The number of benzene rings is 2. The quantitative estimate of drug-likeness (QED) is 0.427. The maximum Gasteiger partial charge on any atom is 0.277 e. The molecule has 0 aliphatic carbocycles. The summed E-state index contributed by atoms with van der Waals surface area (Å²) in [5, 5.41) is -0.663. The molecule has 0 radical (unpaired) electrons. The van der Waals surface area contributed by atoms with Gasteiger partial charge in [-0.1, -0.05) is 36.4 Å². The molecule has 8 heteroatoms. The first kappa shape index (κ1) is 15.7. The van der Waals surface area contributed by atoms with Crippen LogP contribution in [0, 0.1) is 0 Å². The molecule has 3 aromatic rings. The van der Waals surface area contributed by atoms with Gasteiger partial charge in [0.05, 0.1) is 23.1 Å². The largest absolute Gasteiger partial charge is 0.285 e. The van der Waals surface area contributed by atoms with Crippen molar-refractivity contribution in [1.29, 1.82) is 0 Å². The normalized spacial score (nSPS) is 18.4. The number of aromatic nitrogens is 1. The first-order valence-corrected chi connectivity index (χ1v) is 8.99. The summed E-state index contributed by atoms with van der Waals surface area (Å²) in [4.78, 5) is 30.4. The van der Waals surface area contributed by atoms with Crippen molar-refractivity contribution in [2.75, 3.05) is 4.90 Å². The van der Waals surface area contributed by atoms with Crippen molar-refractivity contribution in [3.63, 3.8) is 0 Å². The topological polar surface area (TPSA) is 105 Å². The number of anilines is 1. The van der Waals surface area contributed by atoms with Gasteiger partial charge >= 0.3 is 0 Å². The van der Waals surface area contributed by atoms with Gasteiger partial charge in [0.2, 0.25) is 5.91 Å². The van der Waals surface area contributed by atoms with Crippen molar-refractivity contribution >= 4 is 49.4 Å². The standard InChI is InChI=1S/C17H12N2O5S/c20-15-9-14(25(22,23)24)17(21)19(15)16-10-5-1-3-7-12(10)18-13-8-4-2-6-11(13)16/h1-8,14H,9H2,(H,22,23,24). The van der Waals surface area contributed by atoms with Crippen LogP contribution >= 0.6 is 0 Å². The molecular weight excluding hydrogens is 344 g/mol. The second-order valence-electron chi connectivity index (χ2n) is 5.77. The fourth-order valence-corrected chi connectivity index (χ4v) is 3.84. The van der Waals surface area contributed by atoms with E-state index < -0.39 is 33.6 Å². The maximum atomic E-state index is 12.6. The minimum absolute atomic E-state index is 0.294. The third-order valence-corrected chi connectivity index (χ3v) is 5.34. The first-order valence-electron chi connectivity index (χ1n) is 7.48. The van der Waals surface area contributed by atoms with E-state index in [0.29, 0.717) is 27.5 Å². The van der Waals surface area contributed by atoms with Crippen LogP contribution in [0.15, 0.2) is 48.5 Å². The van der Waals surface area contributed by atoms with Crippen molar-refractivity contribution in [3.8, 4) is 0 Å². The smallest absolute Gasteiger partial charge is 0.277 e. The Hall–Kier alpha value is -2.84. The molecule has 7 nitrogen and oxygen atoms in total. The fraction of sp³-hybridized carbons (Fsp3) is 0.118. The summed E-state index contributed by atoms with van der Waals surface area (Å²) in [7, 11) is -4.66. The minimum Gasteiger partial charge on any atom is -0.285 e.